The van der Waals surface area contributed by atoms with E-state index in [1.165, 1.54) is 0 Å². The van der Waals surface area contributed by atoms with Crippen molar-refractivity contribution >= 4 is 34.9 Å². The summed E-state index contributed by atoms with van der Waals surface area (Å²) >= 11 is 0. The van der Waals surface area contributed by atoms with Gasteiger partial charge in [0.15, 0.2) is 5.78 Å². The number of unbranched alkanes of at least 4 members (excludes halogenated alkanes) is 1. The molecule has 0 aromatic heterocycles. The topological polar surface area (TPSA) is 170 Å². The maximum absolute atomic E-state index is 13.3. The van der Waals surface area contributed by atoms with Crippen molar-refractivity contribution < 1.29 is 19.2 Å². The van der Waals surface area contributed by atoms with Crippen LogP contribution in [-0.2, 0) is 22.4 Å². The van der Waals surface area contributed by atoms with E-state index >= 15 is 0 Å². The minimum atomic E-state index is -0.951. The molecule has 1 aliphatic heterocycles. The second-order valence-electron chi connectivity index (χ2n) is 9.06. The fraction of sp³-hybridized carbons (Fsp3) is 0.370. The van der Waals surface area contributed by atoms with Gasteiger partial charge < -0.3 is 27.8 Å². The number of hydrogen-bond donors (Lipinski definition) is 5. The monoisotopic (exact) mass is 491 g/mol. The molecule has 0 spiro atoms. The van der Waals surface area contributed by atoms with E-state index in [1.807, 2.05) is 0 Å². The molecular formula is C27H33N5O4. The van der Waals surface area contributed by atoms with Crippen LogP contribution in [0.15, 0.2) is 36.4 Å². The molecule has 9 nitrogen and oxygen atoms in total. The van der Waals surface area contributed by atoms with Crippen molar-refractivity contribution in [2.24, 2.45) is 17.4 Å². The Bertz CT molecular complexity index is 1150. The molecule has 8 N–H and O–H groups in total. The lowest BCUT2D eigenvalue weighted by molar-refractivity contribution is -0.127. The molecule has 0 bridgehead atoms. The molecule has 1 aliphatic rings. The van der Waals surface area contributed by atoms with Crippen LogP contribution < -0.4 is 27.8 Å². The highest BCUT2D eigenvalue weighted by atomic mass is 16.2. The first-order valence-electron chi connectivity index (χ1n) is 12.1. The van der Waals surface area contributed by atoms with E-state index in [0.29, 0.717) is 55.6 Å². The van der Waals surface area contributed by atoms with Gasteiger partial charge in [-0.25, -0.2) is 0 Å². The SMILES string of the molecule is [CH]C[C@@H]1NC(=O)c2cc(N)ccc2CCc2ccc(C(N)=O)cc2NC(=O)[C@H](CCCCN)CC1=O. The number of ketones is 1. The Morgan fingerprint density at radius 1 is 1.03 bits per heavy atom. The summed E-state index contributed by atoms with van der Waals surface area (Å²) in [5.74, 6) is -2.43. The number of carbonyl (C=O) groups is 4. The van der Waals surface area contributed by atoms with Crippen molar-refractivity contribution in [2.75, 3.05) is 17.6 Å². The molecule has 0 fully saturated rings. The van der Waals surface area contributed by atoms with Crippen LogP contribution in [0.25, 0.3) is 0 Å². The molecule has 36 heavy (non-hydrogen) atoms. The molecule has 0 unspecified atom stereocenters. The summed E-state index contributed by atoms with van der Waals surface area (Å²) in [6, 6.07) is 8.96. The third-order valence-corrected chi connectivity index (χ3v) is 6.45. The fourth-order valence-corrected chi connectivity index (χ4v) is 4.34. The molecule has 3 rings (SSSR count). The van der Waals surface area contributed by atoms with Crippen LogP contribution in [0.2, 0.25) is 0 Å². The zero-order valence-electron chi connectivity index (χ0n) is 20.2. The molecule has 2 aromatic carbocycles. The van der Waals surface area contributed by atoms with Gasteiger partial charge in [-0.05, 0) is 81.0 Å². The van der Waals surface area contributed by atoms with Crippen molar-refractivity contribution in [3.05, 3.63) is 65.6 Å². The Hall–Kier alpha value is -3.72. The van der Waals surface area contributed by atoms with Gasteiger partial charge in [-0.3, -0.25) is 19.2 Å². The first-order chi connectivity index (χ1) is 17.2. The van der Waals surface area contributed by atoms with Gasteiger partial charge >= 0.3 is 0 Å². The van der Waals surface area contributed by atoms with E-state index < -0.39 is 23.8 Å². The second kappa shape index (κ2) is 12.3. The van der Waals surface area contributed by atoms with Crippen molar-refractivity contribution in [2.45, 2.75) is 51.0 Å². The minimum Gasteiger partial charge on any atom is -0.399 e. The van der Waals surface area contributed by atoms with Gasteiger partial charge in [0.05, 0.1) is 6.04 Å². The predicted molar refractivity (Wildman–Crippen MR) is 138 cm³/mol. The number of benzene rings is 2. The Kier molecular flexibility index (Phi) is 9.19. The van der Waals surface area contributed by atoms with Crippen LogP contribution >= 0.6 is 0 Å². The number of primary amides is 1. The average molecular weight is 492 g/mol. The summed E-state index contributed by atoms with van der Waals surface area (Å²) in [6.07, 6.45) is 2.50. The van der Waals surface area contributed by atoms with Crippen LogP contribution in [0.4, 0.5) is 11.4 Å². The molecule has 190 valence electrons. The Morgan fingerprint density at radius 2 is 1.75 bits per heavy atom. The molecule has 3 amide bonds. The van der Waals surface area contributed by atoms with Gasteiger partial charge in [0, 0.05) is 34.8 Å². The summed E-state index contributed by atoms with van der Waals surface area (Å²) in [6.45, 7) is 6.30. The fourth-order valence-electron chi connectivity index (χ4n) is 4.34. The Balaban J connectivity index is 2.06. The van der Waals surface area contributed by atoms with Crippen molar-refractivity contribution in [3.63, 3.8) is 0 Å². The molecule has 0 saturated heterocycles. The summed E-state index contributed by atoms with van der Waals surface area (Å²) in [5.41, 5.74) is 20.0. The van der Waals surface area contributed by atoms with E-state index in [-0.39, 0.29) is 30.1 Å². The van der Waals surface area contributed by atoms with Gasteiger partial charge in [0.25, 0.3) is 5.91 Å². The van der Waals surface area contributed by atoms with Gasteiger partial charge in [0.1, 0.15) is 0 Å². The number of rotatable bonds is 6. The van der Waals surface area contributed by atoms with E-state index in [0.717, 1.165) is 11.1 Å². The van der Waals surface area contributed by atoms with Crippen molar-refractivity contribution in [3.8, 4) is 0 Å². The third-order valence-electron chi connectivity index (χ3n) is 6.45. The van der Waals surface area contributed by atoms with Gasteiger partial charge in [-0.15, -0.1) is 0 Å². The molecule has 0 saturated carbocycles. The predicted octanol–water partition coefficient (Wildman–Crippen LogP) is 2.01. The van der Waals surface area contributed by atoms with Gasteiger partial charge in [0.2, 0.25) is 11.8 Å². The Morgan fingerprint density at radius 3 is 2.44 bits per heavy atom. The lowest BCUT2D eigenvalue weighted by Gasteiger charge is -2.23. The Labute approximate surface area is 211 Å². The van der Waals surface area contributed by atoms with E-state index in [2.05, 4.69) is 10.6 Å². The number of anilines is 2. The highest BCUT2D eigenvalue weighted by Crippen LogP contribution is 2.25. The number of nitrogen functional groups attached to an aromatic ring is 1. The largest absolute Gasteiger partial charge is 0.399 e. The highest BCUT2D eigenvalue weighted by Gasteiger charge is 2.28. The quantitative estimate of drug-likeness (QED) is 0.306. The van der Waals surface area contributed by atoms with Gasteiger partial charge in [-0.1, -0.05) is 18.6 Å². The lowest BCUT2D eigenvalue weighted by atomic mass is 9.90. The standard InChI is InChI=1S/C27H33N5O4/c1-2-22-24(33)14-19(5-3-4-12-28)26(35)32-23-13-18(25(30)34)9-8-17(23)7-6-16-10-11-20(29)15-21(16)27(36)31-22/h1,8-11,13,15,19,22H,2-7,12,14,28-29H2,(H2,30,34)(H,31,36)(H,32,35)/t19-,22+/m1/s1. The molecule has 2 atom stereocenters. The van der Waals surface area contributed by atoms with Gasteiger partial charge in [-0.2, -0.15) is 0 Å². The molecule has 1 heterocycles. The molecule has 9 heteroatoms. The number of nitrogens with one attached hydrogen (secondary N) is 2. The smallest absolute Gasteiger partial charge is 0.252 e. The highest BCUT2D eigenvalue weighted by molar-refractivity contribution is 6.02. The maximum atomic E-state index is 13.3. The number of carbonyl (C=O) groups excluding carboxylic acids is 4. The second-order valence-corrected chi connectivity index (χ2v) is 9.06. The first kappa shape index (κ1) is 26.9. The van der Waals surface area contributed by atoms with E-state index in [4.69, 9.17) is 24.1 Å². The number of Topliss-reactive ketones (excluding diaryl/α,β-unsaturated/α-hetero) is 1. The normalized spacial score (nSPS) is 18.9. The third kappa shape index (κ3) is 6.69. The summed E-state index contributed by atoms with van der Waals surface area (Å²) < 4.78 is 0. The average Bonchev–Trinajstić information content (AvgIpc) is 2.85. The number of fused-ring (bicyclic) bond motifs is 2. The molecular weight excluding hydrogens is 458 g/mol. The van der Waals surface area contributed by atoms with Crippen LogP contribution in [0, 0.1) is 12.8 Å². The van der Waals surface area contributed by atoms with E-state index in [9.17, 15) is 19.2 Å². The number of nitrogens with two attached hydrogens (primary N) is 3. The van der Waals surface area contributed by atoms with Crippen molar-refractivity contribution in [1.29, 1.82) is 0 Å². The van der Waals surface area contributed by atoms with Crippen LogP contribution in [-0.4, -0.2) is 36.1 Å². The molecule has 2 aromatic rings. The molecule has 0 aliphatic carbocycles. The van der Waals surface area contributed by atoms with Crippen LogP contribution in [0.1, 0.15) is 63.9 Å². The lowest BCUT2D eigenvalue weighted by Crippen LogP contribution is -2.42. The molecule has 2 radical (unpaired) electrons. The summed E-state index contributed by atoms with van der Waals surface area (Å²) in [5, 5.41) is 5.64. The number of aryl methyl sites for hydroxylation is 2. The van der Waals surface area contributed by atoms with E-state index in [1.54, 1.807) is 36.4 Å². The minimum absolute atomic E-state index is 0.104. The van der Waals surface area contributed by atoms with Crippen LogP contribution in [0.3, 0.4) is 0 Å². The number of hydrogen-bond acceptors (Lipinski definition) is 6. The zero-order valence-corrected chi connectivity index (χ0v) is 20.2. The summed E-state index contributed by atoms with van der Waals surface area (Å²) in [7, 11) is 0. The first-order valence-corrected chi connectivity index (χ1v) is 12.1. The van der Waals surface area contributed by atoms with Crippen molar-refractivity contribution in [1.82, 2.24) is 5.32 Å². The number of amides is 3. The van der Waals surface area contributed by atoms with Crippen LogP contribution in [0.5, 0.6) is 0 Å². The summed E-state index contributed by atoms with van der Waals surface area (Å²) in [4.78, 5) is 51.4. The maximum Gasteiger partial charge on any atom is 0.252 e. The zero-order chi connectivity index (χ0) is 26.2.